The van der Waals surface area contributed by atoms with Gasteiger partial charge in [0, 0.05) is 29.1 Å². The van der Waals surface area contributed by atoms with Crippen molar-refractivity contribution in [1.82, 2.24) is 4.72 Å². The maximum Gasteiger partial charge on any atom is 0.264 e. The molecule has 1 unspecified atom stereocenters. The van der Waals surface area contributed by atoms with Gasteiger partial charge in [-0.2, -0.15) is 0 Å². The Hall–Kier alpha value is -2.81. The van der Waals surface area contributed by atoms with Gasteiger partial charge in [0.15, 0.2) is 0 Å². The molecule has 2 N–H and O–H groups in total. The number of allylic oxidation sites excluding steroid dienone is 1. The lowest BCUT2D eigenvalue weighted by molar-refractivity contribution is 0.0980. The number of carbonyl (C=O) groups is 1. The van der Waals surface area contributed by atoms with Gasteiger partial charge in [-0.3, -0.25) is 4.79 Å². The number of fused-ring (bicyclic) bond motifs is 3. The van der Waals surface area contributed by atoms with E-state index in [0.29, 0.717) is 37.2 Å². The molecule has 0 aromatic heterocycles. The Balaban J connectivity index is 1.48. The summed E-state index contributed by atoms with van der Waals surface area (Å²) in [7, 11) is -3.79. The van der Waals surface area contributed by atoms with E-state index in [4.69, 9.17) is 16.3 Å². The molecule has 2 aromatic rings. The van der Waals surface area contributed by atoms with Crippen LogP contribution in [0.3, 0.4) is 0 Å². The Morgan fingerprint density at radius 1 is 1.22 bits per heavy atom. The molecule has 41 heavy (non-hydrogen) atoms. The van der Waals surface area contributed by atoms with Crippen molar-refractivity contribution in [3.63, 3.8) is 0 Å². The minimum absolute atomic E-state index is 0.200. The van der Waals surface area contributed by atoms with Crippen molar-refractivity contribution in [3.8, 4) is 5.75 Å². The van der Waals surface area contributed by atoms with Crippen LogP contribution in [0.15, 0.2) is 61.7 Å². The number of nitrogens with one attached hydrogen (secondary N) is 1. The SMILES string of the molecule is C=CCCS(=O)(=O)NC(=O)c1ccc2c(c1)N(C[C@@H]1CC[C@H]1C[C@@H](O)C=C)CC1(CCCc3cc(Cl)ccc31)CO2. The first-order valence-electron chi connectivity index (χ1n) is 14.4. The van der Waals surface area contributed by atoms with E-state index < -0.39 is 22.0 Å². The highest BCUT2D eigenvalue weighted by atomic mass is 35.5. The van der Waals surface area contributed by atoms with Gasteiger partial charge in [0.25, 0.3) is 5.91 Å². The first-order chi connectivity index (χ1) is 19.6. The molecule has 0 saturated heterocycles. The standard InChI is InChI=1S/C32H39ClN2O5S/c1-3-5-15-41(38,39)34-31(37)24-10-13-30-29(18-24)35(19-25-9-8-22(25)17-27(36)4-2)20-32(21-40-30)14-6-7-23-16-26(33)11-12-28(23)32/h3-4,10-13,16,18,22,25,27,36H,1-2,5-9,14-15,17,19-21H2,(H,34,37)/t22-,25-,27-,32?/m0/s1. The summed E-state index contributed by atoms with van der Waals surface area (Å²) in [6, 6.07) is 11.3. The molecule has 7 nitrogen and oxygen atoms in total. The number of benzene rings is 2. The van der Waals surface area contributed by atoms with Gasteiger partial charge in [-0.25, -0.2) is 13.1 Å². The Bertz CT molecular complexity index is 1430. The first-order valence-corrected chi connectivity index (χ1v) is 16.4. The molecule has 9 heteroatoms. The van der Waals surface area contributed by atoms with Crippen molar-refractivity contribution in [2.24, 2.45) is 11.8 Å². The monoisotopic (exact) mass is 598 g/mol. The van der Waals surface area contributed by atoms with Crippen molar-refractivity contribution in [2.75, 3.05) is 30.3 Å². The smallest absolute Gasteiger partial charge is 0.264 e. The molecule has 2 aromatic carbocycles. The van der Waals surface area contributed by atoms with Crippen molar-refractivity contribution >= 4 is 33.2 Å². The van der Waals surface area contributed by atoms with E-state index in [1.54, 1.807) is 24.3 Å². The van der Waals surface area contributed by atoms with Crippen LogP contribution >= 0.6 is 11.6 Å². The van der Waals surface area contributed by atoms with Gasteiger partial charge in [-0.15, -0.1) is 13.2 Å². The molecular weight excluding hydrogens is 560 g/mol. The highest BCUT2D eigenvalue weighted by Crippen LogP contribution is 2.46. The van der Waals surface area contributed by atoms with Crippen molar-refractivity contribution in [1.29, 1.82) is 0 Å². The molecule has 0 bridgehead atoms. The normalized spacial score (nSPS) is 24.2. The fourth-order valence-electron chi connectivity index (χ4n) is 6.62. The van der Waals surface area contributed by atoms with E-state index in [1.807, 2.05) is 6.07 Å². The summed E-state index contributed by atoms with van der Waals surface area (Å²) >= 11 is 6.37. The van der Waals surface area contributed by atoms with Crippen LogP contribution in [0.4, 0.5) is 5.69 Å². The maximum atomic E-state index is 13.1. The predicted octanol–water partition coefficient (Wildman–Crippen LogP) is 5.41. The van der Waals surface area contributed by atoms with Gasteiger partial charge in [0.05, 0.1) is 24.2 Å². The fraction of sp³-hybridized carbons (Fsp3) is 0.469. The summed E-state index contributed by atoms with van der Waals surface area (Å²) < 4.78 is 33.5. The number of hydrogen-bond acceptors (Lipinski definition) is 6. The molecule has 5 rings (SSSR count). The number of aliphatic hydroxyl groups is 1. The predicted molar refractivity (Wildman–Crippen MR) is 163 cm³/mol. The van der Waals surface area contributed by atoms with Crippen molar-refractivity contribution in [2.45, 2.75) is 56.5 Å². The third-order valence-corrected chi connectivity index (χ3v) is 10.5. The summed E-state index contributed by atoms with van der Waals surface area (Å²) in [5, 5.41) is 11.0. The first kappa shape index (κ1) is 29.7. The lowest BCUT2D eigenvalue weighted by Crippen LogP contribution is -2.48. The number of anilines is 1. The highest BCUT2D eigenvalue weighted by Gasteiger charge is 2.43. The average Bonchev–Trinajstić information content (AvgIpc) is 3.09. The van der Waals surface area contributed by atoms with Crippen LogP contribution in [0.25, 0.3) is 0 Å². The zero-order chi connectivity index (χ0) is 29.2. The lowest BCUT2D eigenvalue weighted by Gasteiger charge is -2.45. The van der Waals surface area contributed by atoms with Crippen LogP contribution in [-0.2, 0) is 21.9 Å². The Kier molecular flexibility index (Phi) is 8.83. The number of aryl methyl sites for hydroxylation is 1. The van der Waals surface area contributed by atoms with Crippen LogP contribution in [0, 0.1) is 11.8 Å². The van der Waals surface area contributed by atoms with E-state index in [9.17, 15) is 18.3 Å². The van der Waals surface area contributed by atoms with Crippen molar-refractivity contribution in [3.05, 3.63) is 83.4 Å². The molecule has 0 radical (unpaired) electrons. The minimum Gasteiger partial charge on any atom is -0.490 e. The van der Waals surface area contributed by atoms with Crippen LogP contribution in [0.5, 0.6) is 5.75 Å². The number of amides is 1. The number of carbonyl (C=O) groups excluding carboxylic acids is 1. The highest BCUT2D eigenvalue weighted by molar-refractivity contribution is 7.90. The number of aliphatic hydroxyl groups excluding tert-OH is 1. The van der Waals surface area contributed by atoms with Crippen LogP contribution in [-0.4, -0.2) is 51.0 Å². The maximum absolute atomic E-state index is 13.1. The molecule has 1 heterocycles. The van der Waals surface area contributed by atoms with Crippen LogP contribution in [0.1, 0.15) is 60.0 Å². The molecule has 2 aliphatic carbocycles. The largest absolute Gasteiger partial charge is 0.490 e. The number of sulfonamides is 1. The molecule has 3 aliphatic rings. The molecule has 4 atom stereocenters. The zero-order valence-corrected chi connectivity index (χ0v) is 24.9. The average molecular weight is 599 g/mol. The quantitative estimate of drug-likeness (QED) is 0.355. The molecule has 1 aliphatic heterocycles. The van der Waals surface area contributed by atoms with Gasteiger partial charge < -0.3 is 14.7 Å². The van der Waals surface area contributed by atoms with Crippen LogP contribution < -0.4 is 14.4 Å². The molecule has 220 valence electrons. The molecule has 1 fully saturated rings. The summed E-state index contributed by atoms with van der Waals surface area (Å²) in [5.74, 6) is 0.566. The summed E-state index contributed by atoms with van der Waals surface area (Å²) in [4.78, 5) is 15.4. The van der Waals surface area contributed by atoms with E-state index in [0.717, 1.165) is 49.4 Å². The van der Waals surface area contributed by atoms with Gasteiger partial charge in [0.2, 0.25) is 10.0 Å². The van der Waals surface area contributed by atoms with Gasteiger partial charge >= 0.3 is 0 Å². The van der Waals surface area contributed by atoms with E-state index in [1.165, 1.54) is 17.2 Å². The summed E-state index contributed by atoms with van der Waals surface area (Å²) in [5.41, 5.74) is 3.30. The Morgan fingerprint density at radius 2 is 2.02 bits per heavy atom. The summed E-state index contributed by atoms with van der Waals surface area (Å²) in [6.45, 7) is 9.24. The number of ether oxygens (including phenoxy) is 1. The fourth-order valence-corrected chi connectivity index (χ4v) is 7.80. The van der Waals surface area contributed by atoms with Gasteiger partial charge in [-0.1, -0.05) is 29.8 Å². The van der Waals surface area contributed by atoms with E-state index in [-0.39, 0.29) is 23.2 Å². The van der Waals surface area contributed by atoms with E-state index in [2.05, 4.69) is 34.9 Å². The topological polar surface area (TPSA) is 95.9 Å². The third-order valence-electron chi connectivity index (χ3n) is 8.98. The molecular formula is C32H39ClN2O5S. The number of hydrogen-bond donors (Lipinski definition) is 2. The molecule has 1 spiro atoms. The number of halogens is 1. The molecule has 1 saturated carbocycles. The number of rotatable bonds is 10. The molecule has 1 amide bonds. The Morgan fingerprint density at radius 3 is 2.76 bits per heavy atom. The van der Waals surface area contributed by atoms with Gasteiger partial charge in [0.1, 0.15) is 5.75 Å². The van der Waals surface area contributed by atoms with Crippen molar-refractivity contribution < 1.29 is 23.1 Å². The summed E-state index contributed by atoms with van der Waals surface area (Å²) in [6.07, 6.45) is 8.59. The second-order valence-electron chi connectivity index (χ2n) is 11.8. The van der Waals surface area contributed by atoms with Crippen LogP contribution in [0.2, 0.25) is 5.02 Å². The second-order valence-corrected chi connectivity index (χ2v) is 14.0. The minimum atomic E-state index is -3.79. The zero-order valence-electron chi connectivity index (χ0n) is 23.4. The lowest BCUT2D eigenvalue weighted by atomic mass is 9.68. The Labute approximate surface area is 248 Å². The second kappa shape index (κ2) is 12.2. The third kappa shape index (κ3) is 6.50. The number of nitrogens with zero attached hydrogens (tertiary/aromatic N) is 1. The van der Waals surface area contributed by atoms with E-state index >= 15 is 0 Å². The van der Waals surface area contributed by atoms with Gasteiger partial charge in [-0.05, 0) is 98.2 Å².